The van der Waals surface area contributed by atoms with E-state index in [1.54, 1.807) is 29.4 Å². The summed E-state index contributed by atoms with van der Waals surface area (Å²) in [5, 5.41) is 0. The maximum atomic E-state index is 12.5. The molecule has 0 fully saturated rings. The first-order valence-electron chi connectivity index (χ1n) is 6.30. The molecule has 1 amide bonds. The van der Waals surface area contributed by atoms with E-state index in [4.69, 9.17) is 5.73 Å². The highest BCUT2D eigenvalue weighted by Crippen LogP contribution is 2.16. The number of hydrogen-bond donors (Lipinski definition) is 1. The average molecular weight is 255 g/mol. The first-order valence-corrected chi connectivity index (χ1v) is 6.30. The third-order valence-electron chi connectivity index (χ3n) is 2.83. The number of carbonyl (C=O) groups excluding carboxylic acids is 1. The summed E-state index contributed by atoms with van der Waals surface area (Å²) in [4.78, 5) is 18.2. The number of pyridine rings is 1. The number of nitrogens with zero attached hydrogens (tertiary/aromatic N) is 2. The first-order chi connectivity index (χ1) is 9.33. The third-order valence-corrected chi connectivity index (χ3v) is 2.83. The number of rotatable bonds is 5. The molecule has 2 N–H and O–H groups in total. The van der Waals surface area contributed by atoms with Crippen LogP contribution in [0, 0.1) is 0 Å². The minimum absolute atomic E-state index is 0.0259. The molecule has 0 atom stereocenters. The smallest absolute Gasteiger partial charge is 0.258 e. The number of nitrogens with two attached hydrogens (primary N) is 1. The summed E-state index contributed by atoms with van der Waals surface area (Å²) in [6, 6.07) is 13.1. The zero-order chi connectivity index (χ0) is 13.5. The van der Waals surface area contributed by atoms with Gasteiger partial charge in [-0.05, 0) is 37.2 Å². The Hall–Kier alpha value is -2.20. The zero-order valence-corrected chi connectivity index (χ0v) is 10.7. The Morgan fingerprint density at radius 1 is 1.11 bits per heavy atom. The Morgan fingerprint density at radius 2 is 1.79 bits per heavy atom. The van der Waals surface area contributed by atoms with Crippen LogP contribution in [-0.2, 0) is 0 Å². The Bertz CT molecular complexity index is 513. The van der Waals surface area contributed by atoms with Gasteiger partial charge in [-0.1, -0.05) is 18.2 Å². The molecule has 0 saturated carbocycles. The summed E-state index contributed by atoms with van der Waals surface area (Å²) in [5.41, 5.74) is 7.07. The molecular weight excluding hydrogens is 238 g/mol. The van der Waals surface area contributed by atoms with Crippen LogP contribution in [0.15, 0.2) is 54.9 Å². The first kappa shape index (κ1) is 13.2. The van der Waals surface area contributed by atoms with Crippen LogP contribution in [0.5, 0.6) is 0 Å². The molecule has 98 valence electrons. The summed E-state index contributed by atoms with van der Waals surface area (Å²) in [6.07, 6.45) is 4.02. The highest BCUT2D eigenvalue weighted by atomic mass is 16.2. The molecule has 0 aliphatic rings. The lowest BCUT2D eigenvalue weighted by molar-refractivity contribution is 0.0986. The van der Waals surface area contributed by atoms with E-state index in [1.807, 2.05) is 30.3 Å². The van der Waals surface area contributed by atoms with Crippen LogP contribution in [0.4, 0.5) is 5.69 Å². The standard InChI is InChI=1S/C15H17N3O/c16-9-4-12-18(14-5-2-1-3-6-14)15(19)13-7-10-17-11-8-13/h1-3,5-8,10-11H,4,9,12,16H2. The van der Waals surface area contributed by atoms with Crippen molar-refractivity contribution in [3.8, 4) is 0 Å². The van der Waals surface area contributed by atoms with Gasteiger partial charge >= 0.3 is 0 Å². The molecule has 0 radical (unpaired) electrons. The predicted octanol–water partition coefficient (Wildman–Crippen LogP) is 2.08. The summed E-state index contributed by atoms with van der Waals surface area (Å²) in [7, 11) is 0. The van der Waals surface area contributed by atoms with E-state index in [1.165, 1.54) is 0 Å². The van der Waals surface area contributed by atoms with Gasteiger partial charge in [0.1, 0.15) is 0 Å². The number of carbonyl (C=O) groups is 1. The third kappa shape index (κ3) is 3.39. The fourth-order valence-corrected chi connectivity index (χ4v) is 1.86. The van der Waals surface area contributed by atoms with Gasteiger partial charge in [0.15, 0.2) is 0 Å². The Kier molecular flexibility index (Phi) is 4.64. The van der Waals surface area contributed by atoms with Crippen molar-refractivity contribution in [1.29, 1.82) is 0 Å². The molecule has 0 spiro atoms. The number of hydrogen-bond acceptors (Lipinski definition) is 3. The highest BCUT2D eigenvalue weighted by Gasteiger charge is 2.16. The molecule has 2 aromatic rings. The molecule has 19 heavy (non-hydrogen) atoms. The zero-order valence-electron chi connectivity index (χ0n) is 10.7. The van der Waals surface area contributed by atoms with Gasteiger partial charge in [-0.25, -0.2) is 0 Å². The van der Waals surface area contributed by atoms with E-state index in [2.05, 4.69) is 4.98 Å². The van der Waals surface area contributed by atoms with E-state index in [0.29, 0.717) is 18.7 Å². The van der Waals surface area contributed by atoms with Gasteiger partial charge in [-0.15, -0.1) is 0 Å². The molecule has 0 aliphatic carbocycles. The van der Waals surface area contributed by atoms with Gasteiger partial charge in [-0.2, -0.15) is 0 Å². The summed E-state index contributed by atoms with van der Waals surface area (Å²) < 4.78 is 0. The molecular formula is C15H17N3O. The van der Waals surface area contributed by atoms with Crippen molar-refractivity contribution < 1.29 is 4.79 Å². The van der Waals surface area contributed by atoms with E-state index in [-0.39, 0.29) is 5.91 Å². The molecule has 0 bridgehead atoms. The molecule has 1 aromatic carbocycles. The van der Waals surface area contributed by atoms with Crippen molar-refractivity contribution in [3.05, 3.63) is 60.4 Å². The SMILES string of the molecule is NCCCN(C(=O)c1ccncc1)c1ccccc1. The van der Waals surface area contributed by atoms with E-state index in [0.717, 1.165) is 12.1 Å². The molecule has 4 heteroatoms. The number of anilines is 1. The van der Waals surface area contributed by atoms with Crippen LogP contribution in [0.2, 0.25) is 0 Å². The second-order valence-corrected chi connectivity index (χ2v) is 4.17. The predicted molar refractivity (Wildman–Crippen MR) is 76.0 cm³/mol. The van der Waals surface area contributed by atoms with Crippen LogP contribution in [0.25, 0.3) is 0 Å². The van der Waals surface area contributed by atoms with Crippen molar-refractivity contribution in [1.82, 2.24) is 4.98 Å². The van der Waals surface area contributed by atoms with E-state index < -0.39 is 0 Å². The molecule has 0 saturated heterocycles. The normalized spacial score (nSPS) is 10.2. The van der Waals surface area contributed by atoms with Gasteiger partial charge in [0.2, 0.25) is 0 Å². The Balaban J connectivity index is 2.25. The number of benzene rings is 1. The van der Waals surface area contributed by atoms with Crippen LogP contribution in [-0.4, -0.2) is 24.0 Å². The fourth-order valence-electron chi connectivity index (χ4n) is 1.86. The summed E-state index contributed by atoms with van der Waals surface area (Å²) in [5.74, 6) is -0.0259. The van der Waals surface area contributed by atoms with Gasteiger partial charge < -0.3 is 10.6 Å². The lowest BCUT2D eigenvalue weighted by atomic mass is 10.2. The van der Waals surface area contributed by atoms with E-state index in [9.17, 15) is 4.79 Å². The van der Waals surface area contributed by atoms with Crippen molar-refractivity contribution in [2.75, 3.05) is 18.0 Å². The van der Waals surface area contributed by atoms with Crippen molar-refractivity contribution in [2.24, 2.45) is 5.73 Å². The van der Waals surface area contributed by atoms with Crippen molar-refractivity contribution in [2.45, 2.75) is 6.42 Å². The second kappa shape index (κ2) is 6.66. The molecule has 4 nitrogen and oxygen atoms in total. The maximum Gasteiger partial charge on any atom is 0.258 e. The Labute approximate surface area is 112 Å². The van der Waals surface area contributed by atoms with Crippen molar-refractivity contribution in [3.63, 3.8) is 0 Å². The van der Waals surface area contributed by atoms with Crippen LogP contribution in [0.1, 0.15) is 16.8 Å². The topological polar surface area (TPSA) is 59.2 Å². The van der Waals surface area contributed by atoms with Crippen LogP contribution in [0.3, 0.4) is 0 Å². The number of para-hydroxylation sites is 1. The summed E-state index contributed by atoms with van der Waals surface area (Å²) in [6.45, 7) is 1.18. The number of amides is 1. The molecule has 1 heterocycles. The van der Waals surface area contributed by atoms with E-state index >= 15 is 0 Å². The average Bonchev–Trinajstić information content (AvgIpc) is 2.49. The molecule has 0 aliphatic heterocycles. The minimum atomic E-state index is -0.0259. The van der Waals surface area contributed by atoms with Gasteiger partial charge in [0.05, 0.1) is 0 Å². The van der Waals surface area contributed by atoms with Crippen molar-refractivity contribution >= 4 is 11.6 Å². The maximum absolute atomic E-state index is 12.5. The van der Waals surface area contributed by atoms with Crippen LogP contribution < -0.4 is 10.6 Å². The van der Waals surface area contributed by atoms with Gasteiger partial charge in [-0.3, -0.25) is 9.78 Å². The molecule has 2 rings (SSSR count). The molecule has 1 aromatic heterocycles. The van der Waals surface area contributed by atoms with Gasteiger partial charge in [0.25, 0.3) is 5.91 Å². The minimum Gasteiger partial charge on any atom is -0.330 e. The van der Waals surface area contributed by atoms with Crippen LogP contribution >= 0.6 is 0 Å². The lowest BCUT2D eigenvalue weighted by Crippen LogP contribution is -2.32. The Morgan fingerprint density at radius 3 is 2.42 bits per heavy atom. The molecule has 0 unspecified atom stereocenters. The number of aromatic nitrogens is 1. The monoisotopic (exact) mass is 255 g/mol. The quantitative estimate of drug-likeness (QED) is 0.889. The fraction of sp³-hybridized carbons (Fsp3) is 0.200. The summed E-state index contributed by atoms with van der Waals surface area (Å²) >= 11 is 0. The lowest BCUT2D eigenvalue weighted by Gasteiger charge is -2.22. The highest BCUT2D eigenvalue weighted by molar-refractivity contribution is 6.05. The second-order valence-electron chi connectivity index (χ2n) is 4.17. The van der Waals surface area contributed by atoms with Gasteiger partial charge in [0, 0.05) is 30.2 Å². The largest absolute Gasteiger partial charge is 0.330 e.